The Balaban J connectivity index is 2.33. The highest BCUT2D eigenvalue weighted by Crippen LogP contribution is 1.96. The highest BCUT2D eigenvalue weighted by atomic mass is 32.2. The van der Waals surface area contributed by atoms with E-state index in [-0.39, 0.29) is 19.7 Å². The summed E-state index contributed by atoms with van der Waals surface area (Å²) in [6, 6.07) is 0. The molecule has 0 spiro atoms. The van der Waals surface area contributed by atoms with Crippen LogP contribution in [0.4, 0.5) is 0 Å². The van der Waals surface area contributed by atoms with Gasteiger partial charge in [0, 0.05) is 33.2 Å². The molecule has 0 saturated carbocycles. The lowest BCUT2D eigenvalue weighted by atomic mass is 10.4. The number of H-pyrrole nitrogens is 1. The summed E-state index contributed by atoms with van der Waals surface area (Å²) < 4.78 is 26.9. The first-order chi connectivity index (χ1) is 8.06. The molecular weight excluding hydrogens is 246 g/mol. The van der Waals surface area contributed by atoms with Crippen LogP contribution in [0.15, 0.2) is 6.33 Å². The van der Waals surface area contributed by atoms with Crippen LogP contribution in [-0.2, 0) is 16.6 Å². The van der Waals surface area contributed by atoms with Crippen LogP contribution in [0.3, 0.4) is 0 Å². The maximum atomic E-state index is 11.7. The van der Waals surface area contributed by atoms with Crippen molar-refractivity contribution in [3.8, 4) is 0 Å². The van der Waals surface area contributed by atoms with Crippen molar-refractivity contribution in [2.24, 2.45) is 0 Å². The Labute approximate surface area is 100 Å². The third-order valence-electron chi connectivity index (χ3n) is 2.15. The Kier molecular flexibility index (Phi) is 5.48. The van der Waals surface area contributed by atoms with Crippen LogP contribution in [0.5, 0.6) is 0 Å². The van der Waals surface area contributed by atoms with E-state index in [1.807, 2.05) is 0 Å². The van der Waals surface area contributed by atoms with Crippen molar-refractivity contribution >= 4 is 10.2 Å². The van der Waals surface area contributed by atoms with E-state index in [0.717, 1.165) is 0 Å². The molecule has 0 aromatic carbocycles. The molecule has 0 aliphatic rings. The van der Waals surface area contributed by atoms with Gasteiger partial charge >= 0.3 is 0 Å². The Hall–Kier alpha value is -1.03. The summed E-state index contributed by atoms with van der Waals surface area (Å²) in [5.74, 6) is 0.630. The number of aromatic amines is 1. The standard InChI is InChI=1S/C8H17N5O3S/c1-13(5-2-6-14)17(15,16)11-4-3-8-9-7-10-12-8/h7,11,14H,2-6H2,1H3,(H,9,10,12). The molecule has 3 N–H and O–H groups in total. The zero-order valence-electron chi connectivity index (χ0n) is 9.63. The second-order valence-corrected chi connectivity index (χ2v) is 5.34. The summed E-state index contributed by atoms with van der Waals surface area (Å²) in [7, 11) is -2.01. The minimum Gasteiger partial charge on any atom is -0.396 e. The van der Waals surface area contributed by atoms with E-state index in [1.54, 1.807) is 0 Å². The minimum absolute atomic E-state index is 0.0298. The monoisotopic (exact) mass is 263 g/mol. The molecule has 17 heavy (non-hydrogen) atoms. The maximum absolute atomic E-state index is 11.7. The molecule has 0 aliphatic heterocycles. The normalized spacial score (nSPS) is 12.2. The Morgan fingerprint density at radius 2 is 2.35 bits per heavy atom. The van der Waals surface area contributed by atoms with E-state index in [4.69, 9.17) is 5.11 Å². The lowest BCUT2D eigenvalue weighted by Gasteiger charge is -2.16. The van der Waals surface area contributed by atoms with Gasteiger partial charge < -0.3 is 5.11 Å². The molecular formula is C8H17N5O3S. The van der Waals surface area contributed by atoms with Gasteiger partial charge in [0.05, 0.1) is 0 Å². The number of aliphatic hydroxyl groups excluding tert-OH is 1. The van der Waals surface area contributed by atoms with Gasteiger partial charge in [0.2, 0.25) is 0 Å². The van der Waals surface area contributed by atoms with Gasteiger partial charge in [-0.05, 0) is 6.42 Å². The van der Waals surface area contributed by atoms with Crippen LogP contribution in [0.25, 0.3) is 0 Å². The number of rotatable bonds is 8. The molecule has 0 aliphatic carbocycles. The van der Waals surface area contributed by atoms with Gasteiger partial charge in [-0.15, -0.1) is 0 Å². The van der Waals surface area contributed by atoms with Gasteiger partial charge in [-0.25, -0.2) is 9.71 Å². The first-order valence-electron chi connectivity index (χ1n) is 5.22. The molecule has 0 saturated heterocycles. The summed E-state index contributed by atoms with van der Waals surface area (Å²) in [5, 5.41) is 14.9. The molecule has 1 aromatic rings. The van der Waals surface area contributed by atoms with E-state index < -0.39 is 10.2 Å². The van der Waals surface area contributed by atoms with Crippen molar-refractivity contribution in [2.45, 2.75) is 12.8 Å². The second kappa shape index (κ2) is 6.64. The Morgan fingerprint density at radius 1 is 1.59 bits per heavy atom. The van der Waals surface area contributed by atoms with Crippen molar-refractivity contribution in [1.29, 1.82) is 0 Å². The van der Waals surface area contributed by atoms with Gasteiger partial charge in [-0.1, -0.05) is 0 Å². The van der Waals surface area contributed by atoms with Crippen molar-refractivity contribution in [3.05, 3.63) is 12.2 Å². The number of aromatic nitrogens is 3. The number of nitrogens with zero attached hydrogens (tertiary/aromatic N) is 3. The molecule has 0 fully saturated rings. The van der Waals surface area contributed by atoms with E-state index in [1.165, 1.54) is 17.7 Å². The fourth-order valence-corrected chi connectivity index (χ4v) is 2.12. The number of aliphatic hydroxyl groups is 1. The summed E-state index contributed by atoms with van der Waals surface area (Å²) in [4.78, 5) is 3.88. The fraction of sp³-hybridized carbons (Fsp3) is 0.750. The van der Waals surface area contributed by atoms with Crippen LogP contribution in [-0.4, -0.2) is 59.8 Å². The van der Waals surface area contributed by atoms with Crippen LogP contribution in [0.2, 0.25) is 0 Å². The smallest absolute Gasteiger partial charge is 0.279 e. The van der Waals surface area contributed by atoms with Crippen LogP contribution < -0.4 is 4.72 Å². The molecule has 9 heteroatoms. The van der Waals surface area contributed by atoms with Gasteiger partial charge in [0.1, 0.15) is 12.2 Å². The van der Waals surface area contributed by atoms with Gasteiger partial charge in [0.25, 0.3) is 10.2 Å². The summed E-state index contributed by atoms with van der Waals surface area (Å²) in [5.41, 5.74) is 0. The van der Waals surface area contributed by atoms with Crippen molar-refractivity contribution in [3.63, 3.8) is 0 Å². The predicted octanol–water partition coefficient (Wildman–Crippen LogP) is -1.50. The largest absolute Gasteiger partial charge is 0.396 e. The highest BCUT2D eigenvalue weighted by Gasteiger charge is 2.16. The second-order valence-electron chi connectivity index (χ2n) is 3.48. The third-order valence-corrected chi connectivity index (χ3v) is 3.72. The zero-order valence-corrected chi connectivity index (χ0v) is 10.4. The molecule has 8 nitrogen and oxygen atoms in total. The lowest BCUT2D eigenvalue weighted by molar-refractivity contribution is 0.275. The molecule has 1 heterocycles. The first-order valence-corrected chi connectivity index (χ1v) is 6.66. The van der Waals surface area contributed by atoms with Crippen molar-refractivity contribution in [2.75, 3.05) is 26.7 Å². The highest BCUT2D eigenvalue weighted by molar-refractivity contribution is 7.87. The minimum atomic E-state index is -3.48. The van der Waals surface area contributed by atoms with Crippen molar-refractivity contribution in [1.82, 2.24) is 24.2 Å². The average molecular weight is 263 g/mol. The van der Waals surface area contributed by atoms with Crippen molar-refractivity contribution < 1.29 is 13.5 Å². The van der Waals surface area contributed by atoms with Gasteiger partial charge in [-0.3, -0.25) is 5.10 Å². The first kappa shape index (κ1) is 14.0. The average Bonchev–Trinajstić information content (AvgIpc) is 2.78. The molecule has 0 amide bonds. The SMILES string of the molecule is CN(CCCO)S(=O)(=O)NCCc1ncn[nH]1. The predicted molar refractivity (Wildman–Crippen MR) is 61.3 cm³/mol. The summed E-state index contributed by atoms with van der Waals surface area (Å²) >= 11 is 0. The van der Waals surface area contributed by atoms with E-state index in [0.29, 0.717) is 18.7 Å². The quantitative estimate of drug-likeness (QED) is 0.528. The van der Waals surface area contributed by atoms with Crippen LogP contribution in [0.1, 0.15) is 12.2 Å². The third kappa shape index (κ3) is 4.77. The molecule has 0 bridgehead atoms. The molecule has 1 aromatic heterocycles. The van der Waals surface area contributed by atoms with Gasteiger partial charge in [-0.2, -0.15) is 17.8 Å². The Morgan fingerprint density at radius 3 is 2.94 bits per heavy atom. The maximum Gasteiger partial charge on any atom is 0.279 e. The molecule has 0 radical (unpaired) electrons. The molecule has 1 rings (SSSR count). The van der Waals surface area contributed by atoms with E-state index in [9.17, 15) is 8.42 Å². The summed E-state index contributed by atoms with van der Waals surface area (Å²) in [6.07, 6.45) is 2.24. The number of hydrogen-bond acceptors (Lipinski definition) is 5. The number of nitrogens with one attached hydrogen (secondary N) is 2. The van der Waals surface area contributed by atoms with Crippen LogP contribution in [0, 0.1) is 0 Å². The summed E-state index contributed by atoms with van der Waals surface area (Å²) in [6.45, 7) is 0.507. The van der Waals surface area contributed by atoms with E-state index in [2.05, 4.69) is 19.9 Å². The molecule has 0 atom stereocenters. The van der Waals surface area contributed by atoms with E-state index >= 15 is 0 Å². The van der Waals surface area contributed by atoms with Crippen LogP contribution >= 0.6 is 0 Å². The number of hydrogen-bond donors (Lipinski definition) is 3. The zero-order chi connectivity index (χ0) is 12.7. The Bertz CT molecular complexity index is 405. The lowest BCUT2D eigenvalue weighted by Crippen LogP contribution is -2.39. The van der Waals surface area contributed by atoms with Gasteiger partial charge in [0.15, 0.2) is 0 Å². The topological polar surface area (TPSA) is 111 Å². The molecule has 0 unspecified atom stereocenters. The molecule has 98 valence electrons. The fourth-order valence-electron chi connectivity index (χ4n) is 1.17.